The van der Waals surface area contributed by atoms with E-state index in [0.29, 0.717) is 17.8 Å². The Balaban J connectivity index is 2.23. The Morgan fingerprint density at radius 1 is 0.808 bits per heavy atom. The number of aromatic nitrogens is 1. The van der Waals surface area contributed by atoms with Crippen molar-refractivity contribution < 1.29 is 4.57 Å². The molecule has 1 nitrogen and oxygen atoms in total. The molecule has 0 spiro atoms. The zero-order valence-corrected chi connectivity index (χ0v) is 17.3. The van der Waals surface area contributed by atoms with Crippen LogP contribution in [0.1, 0.15) is 50.3 Å². The summed E-state index contributed by atoms with van der Waals surface area (Å²) in [5, 5.41) is 2.67. The number of nitrogens with zero attached hydrogens (tertiary/aromatic N) is 1. The summed E-state index contributed by atoms with van der Waals surface area (Å²) >= 11 is 0. The van der Waals surface area contributed by atoms with Gasteiger partial charge in [0.05, 0.1) is 5.39 Å². The van der Waals surface area contributed by atoms with Gasteiger partial charge in [0.25, 0.3) is 0 Å². The molecule has 0 saturated heterocycles. The second-order valence-corrected chi connectivity index (χ2v) is 8.45. The first-order chi connectivity index (χ1) is 12.3. The molecule has 0 atom stereocenters. The van der Waals surface area contributed by atoms with Gasteiger partial charge in [-0.1, -0.05) is 57.5 Å². The maximum Gasteiger partial charge on any atom is 0.220 e. The van der Waals surface area contributed by atoms with Crippen molar-refractivity contribution in [2.24, 2.45) is 18.9 Å². The molecule has 3 aromatic rings. The Hall–Kier alpha value is -2.15. The van der Waals surface area contributed by atoms with Gasteiger partial charge in [0, 0.05) is 11.6 Å². The summed E-state index contributed by atoms with van der Waals surface area (Å²) < 4.78 is 2.26. The van der Waals surface area contributed by atoms with E-state index in [9.17, 15) is 0 Å². The van der Waals surface area contributed by atoms with E-state index in [1.54, 1.807) is 0 Å². The van der Waals surface area contributed by atoms with Crippen LogP contribution in [0.2, 0.25) is 0 Å². The van der Waals surface area contributed by atoms with Gasteiger partial charge in [-0.05, 0) is 60.2 Å². The molecule has 1 heterocycles. The fourth-order valence-corrected chi connectivity index (χ4v) is 4.46. The van der Waals surface area contributed by atoms with Crippen LogP contribution in [0.15, 0.2) is 48.7 Å². The Bertz CT molecular complexity index is 926. The predicted octanol–water partition coefficient (Wildman–Crippen LogP) is 6.34. The van der Waals surface area contributed by atoms with Crippen LogP contribution >= 0.6 is 0 Å². The van der Waals surface area contributed by atoms with E-state index in [4.69, 9.17) is 0 Å². The zero-order valence-electron chi connectivity index (χ0n) is 17.3. The number of fused-ring (bicyclic) bond motifs is 1. The molecule has 3 rings (SSSR count). The molecule has 0 amide bonds. The minimum Gasteiger partial charge on any atom is -0.200 e. The third-order valence-electron chi connectivity index (χ3n) is 5.63. The van der Waals surface area contributed by atoms with Gasteiger partial charge in [-0.2, -0.15) is 0 Å². The van der Waals surface area contributed by atoms with Crippen LogP contribution in [0, 0.1) is 25.7 Å². The minimum atomic E-state index is 0.595. The van der Waals surface area contributed by atoms with E-state index in [0.717, 1.165) is 0 Å². The normalized spacial score (nSPS) is 11.9. The largest absolute Gasteiger partial charge is 0.220 e. The second-order valence-electron chi connectivity index (χ2n) is 8.45. The number of hydrogen-bond donors (Lipinski definition) is 0. The molecule has 136 valence electrons. The monoisotopic (exact) mass is 346 g/mol. The summed E-state index contributed by atoms with van der Waals surface area (Å²) in [5.74, 6) is 1.88. The number of rotatable bonds is 4. The lowest BCUT2D eigenvalue weighted by atomic mass is 9.79. The highest BCUT2D eigenvalue weighted by Crippen LogP contribution is 2.35. The molecule has 0 fully saturated rings. The quantitative estimate of drug-likeness (QED) is 0.485. The summed E-state index contributed by atoms with van der Waals surface area (Å²) in [4.78, 5) is 0. The summed E-state index contributed by atoms with van der Waals surface area (Å²) in [5.41, 5.74) is 6.73. The number of pyridine rings is 1. The minimum absolute atomic E-state index is 0.595. The first kappa shape index (κ1) is 18.6. The van der Waals surface area contributed by atoms with Crippen molar-refractivity contribution in [3.8, 4) is 11.3 Å². The molecule has 0 aliphatic carbocycles. The highest BCUT2D eigenvalue weighted by atomic mass is 14.9. The summed E-state index contributed by atoms with van der Waals surface area (Å²) in [6.07, 6.45) is 2.20. The lowest BCUT2D eigenvalue weighted by molar-refractivity contribution is -0.659. The average Bonchev–Trinajstić information content (AvgIpc) is 2.57. The molecule has 0 unspecified atom stereocenters. The first-order valence-electron chi connectivity index (χ1n) is 9.79. The molecule has 26 heavy (non-hydrogen) atoms. The Morgan fingerprint density at radius 2 is 1.50 bits per heavy atom. The molecule has 1 aromatic heterocycles. The van der Waals surface area contributed by atoms with E-state index in [2.05, 4.69) is 102 Å². The van der Waals surface area contributed by atoms with Gasteiger partial charge in [-0.3, -0.25) is 0 Å². The van der Waals surface area contributed by atoms with E-state index in [-0.39, 0.29) is 0 Å². The van der Waals surface area contributed by atoms with Crippen molar-refractivity contribution in [3.63, 3.8) is 0 Å². The van der Waals surface area contributed by atoms with Gasteiger partial charge in [0.15, 0.2) is 6.20 Å². The molecule has 0 N–H and O–H groups in total. The van der Waals surface area contributed by atoms with E-state index >= 15 is 0 Å². The Morgan fingerprint density at radius 3 is 2.15 bits per heavy atom. The van der Waals surface area contributed by atoms with Crippen molar-refractivity contribution in [1.82, 2.24) is 0 Å². The first-order valence-corrected chi connectivity index (χ1v) is 9.79. The molecule has 1 heteroatoms. The highest BCUT2D eigenvalue weighted by molar-refractivity contribution is 5.94. The van der Waals surface area contributed by atoms with Gasteiger partial charge in [-0.25, -0.2) is 4.57 Å². The fraction of sp³-hybridized carbons (Fsp3) is 0.400. The van der Waals surface area contributed by atoms with Crippen molar-refractivity contribution in [2.75, 3.05) is 0 Å². The van der Waals surface area contributed by atoms with Gasteiger partial charge in [0.2, 0.25) is 5.69 Å². The lowest BCUT2D eigenvalue weighted by Gasteiger charge is -2.25. The van der Waals surface area contributed by atoms with Gasteiger partial charge in [0.1, 0.15) is 7.05 Å². The maximum absolute atomic E-state index is 2.41. The predicted molar refractivity (Wildman–Crippen MR) is 112 cm³/mol. The third-order valence-corrected chi connectivity index (χ3v) is 5.63. The smallest absolute Gasteiger partial charge is 0.200 e. The van der Waals surface area contributed by atoms with Crippen LogP contribution in [0.25, 0.3) is 22.0 Å². The SMILES string of the molecule is Cc1ccc(C)c(-c2c3ccc(C(C(C)C)C(C)C)cc3cc[n+]2C)c1. The van der Waals surface area contributed by atoms with Crippen LogP contribution in [-0.2, 0) is 7.05 Å². The standard InChI is InChI=1S/C25H32N/c1-16(2)24(17(3)4)21-10-11-22-20(15-21)12-13-26(7)25(22)23-14-18(5)8-9-19(23)6/h8-17,24H,1-7H3/q+1. The Labute approximate surface area is 158 Å². The fourth-order valence-electron chi connectivity index (χ4n) is 4.46. The van der Waals surface area contributed by atoms with Crippen LogP contribution in [-0.4, -0.2) is 0 Å². The van der Waals surface area contributed by atoms with E-state index in [1.807, 2.05) is 0 Å². The highest BCUT2D eigenvalue weighted by Gasteiger charge is 2.22. The van der Waals surface area contributed by atoms with Crippen LogP contribution in [0.3, 0.4) is 0 Å². The lowest BCUT2D eigenvalue weighted by Crippen LogP contribution is -2.30. The Kier molecular flexibility index (Phi) is 5.18. The number of aryl methyl sites for hydroxylation is 3. The maximum atomic E-state index is 2.41. The topological polar surface area (TPSA) is 3.88 Å². The van der Waals surface area contributed by atoms with Gasteiger partial charge in [-0.15, -0.1) is 0 Å². The van der Waals surface area contributed by atoms with Gasteiger partial charge >= 0.3 is 0 Å². The summed E-state index contributed by atoms with van der Waals surface area (Å²) in [6, 6.07) is 16.1. The van der Waals surface area contributed by atoms with Crippen LogP contribution < -0.4 is 4.57 Å². The van der Waals surface area contributed by atoms with Crippen LogP contribution in [0.4, 0.5) is 0 Å². The van der Waals surface area contributed by atoms with Crippen molar-refractivity contribution in [1.29, 1.82) is 0 Å². The molecule has 0 aliphatic heterocycles. The van der Waals surface area contributed by atoms with Crippen molar-refractivity contribution in [3.05, 3.63) is 65.4 Å². The molecule has 0 saturated carbocycles. The molecular formula is C25H32N+. The zero-order chi connectivity index (χ0) is 19.0. The van der Waals surface area contributed by atoms with E-state index < -0.39 is 0 Å². The molecule has 0 aliphatic rings. The second kappa shape index (κ2) is 7.23. The molecule has 0 radical (unpaired) electrons. The average molecular weight is 347 g/mol. The summed E-state index contributed by atoms with van der Waals surface area (Å²) in [7, 11) is 2.15. The molecule has 0 bridgehead atoms. The third kappa shape index (κ3) is 3.40. The van der Waals surface area contributed by atoms with Gasteiger partial charge < -0.3 is 0 Å². The van der Waals surface area contributed by atoms with E-state index in [1.165, 1.54) is 38.7 Å². The van der Waals surface area contributed by atoms with Crippen LogP contribution in [0.5, 0.6) is 0 Å². The number of hydrogen-bond acceptors (Lipinski definition) is 0. The molecular weight excluding hydrogens is 314 g/mol. The molecule has 2 aromatic carbocycles. The van der Waals surface area contributed by atoms with Crippen molar-refractivity contribution in [2.45, 2.75) is 47.5 Å². The number of benzene rings is 2. The van der Waals surface area contributed by atoms with Crippen molar-refractivity contribution >= 4 is 10.8 Å². The summed E-state index contributed by atoms with van der Waals surface area (Å²) in [6.45, 7) is 13.7.